The van der Waals surface area contributed by atoms with E-state index >= 15 is 0 Å². The summed E-state index contributed by atoms with van der Waals surface area (Å²) in [6, 6.07) is 14.1. The minimum Gasteiger partial charge on any atom is -0.490 e. The third-order valence-electron chi connectivity index (χ3n) is 5.39. The molecule has 31 heavy (non-hydrogen) atoms. The lowest BCUT2D eigenvalue weighted by Crippen LogP contribution is -2.40. The van der Waals surface area contributed by atoms with Crippen molar-refractivity contribution in [3.63, 3.8) is 0 Å². The van der Waals surface area contributed by atoms with E-state index in [0.29, 0.717) is 16.7 Å². The van der Waals surface area contributed by atoms with Gasteiger partial charge in [0.1, 0.15) is 23.9 Å². The molecule has 4 rings (SSSR count). The van der Waals surface area contributed by atoms with Gasteiger partial charge in [0, 0.05) is 6.04 Å². The van der Waals surface area contributed by atoms with Crippen LogP contribution >= 0.6 is 11.8 Å². The number of para-hydroxylation sites is 1. The number of aliphatic imine (C=N–C) groups is 1. The first-order valence-electron chi connectivity index (χ1n) is 10.6. The Labute approximate surface area is 186 Å². The smallest absolute Gasteiger partial charge is 0.267 e. The van der Waals surface area contributed by atoms with E-state index in [0.717, 1.165) is 37.0 Å². The third kappa shape index (κ3) is 5.07. The molecule has 1 amide bonds. The monoisotopic (exact) mass is 436 g/mol. The highest BCUT2D eigenvalue weighted by Gasteiger charge is 2.38. The van der Waals surface area contributed by atoms with Gasteiger partial charge in [-0.1, -0.05) is 56.2 Å². The topological polar surface area (TPSA) is 41.9 Å². The van der Waals surface area contributed by atoms with Gasteiger partial charge >= 0.3 is 0 Å². The number of amides is 1. The van der Waals surface area contributed by atoms with E-state index in [2.05, 4.69) is 11.6 Å². The van der Waals surface area contributed by atoms with E-state index in [9.17, 15) is 9.18 Å². The number of hydrogen-bond donors (Lipinski definition) is 0. The van der Waals surface area contributed by atoms with Gasteiger partial charge in [0.15, 0.2) is 5.17 Å². The van der Waals surface area contributed by atoms with Crippen molar-refractivity contribution in [2.75, 3.05) is 6.61 Å². The van der Waals surface area contributed by atoms with Crippen LogP contribution in [0.25, 0.3) is 6.08 Å². The maximum Gasteiger partial charge on any atom is 0.267 e. The highest BCUT2D eigenvalue weighted by atomic mass is 32.2. The molecule has 0 atom stereocenters. The third-order valence-corrected chi connectivity index (χ3v) is 6.37. The maximum atomic E-state index is 14.2. The Morgan fingerprint density at radius 2 is 1.87 bits per heavy atom. The van der Waals surface area contributed by atoms with Crippen molar-refractivity contribution in [3.05, 3.63) is 77.5 Å². The highest BCUT2D eigenvalue weighted by molar-refractivity contribution is 8.18. The van der Waals surface area contributed by atoms with Crippen LogP contribution in [-0.2, 0) is 4.79 Å². The summed E-state index contributed by atoms with van der Waals surface area (Å²) in [6.45, 7) is 4.09. The molecule has 0 N–H and O–H groups in total. The zero-order valence-corrected chi connectivity index (χ0v) is 18.1. The summed E-state index contributed by atoms with van der Waals surface area (Å²) in [5.74, 6) is 0.302. The summed E-state index contributed by atoms with van der Waals surface area (Å²) in [6.07, 6.45) is 8.84. The van der Waals surface area contributed by atoms with Crippen LogP contribution in [0, 0.1) is 5.82 Å². The van der Waals surface area contributed by atoms with E-state index in [4.69, 9.17) is 4.74 Å². The Kier molecular flexibility index (Phi) is 6.87. The second-order valence-electron chi connectivity index (χ2n) is 7.59. The lowest BCUT2D eigenvalue weighted by atomic mass is 9.94. The van der Waals surface area contributed by atoms with E-state index in [1.165, 1.54) is 24.2 Å². The summed E-state index contributed by atoms with van der Waals surface area (Å²) >= 11 is 1.31. The predicted molar refractivity (Wildman–Crippen MR) is 125 cm³/mol. The molecule has 1 saturated carbocycles. The van der Waals surface area contributed by atoms with Crippen molar-refractivity contribution in [2.24, 2.45) is 4.99 Å². The lowest BCUT2D eigenvalue weighted by molar-refractivity contribution is -0.124. The Morgan fingerprint density at radius 3 is 2.58 bits per heavy atom. The van der Waals surface area contributed by atoms with Crippen LogP contribution in [-0.4, -0.2) is 28.6 Å². The first-order valence-corrected chi connectivity index (χ1v) is 11.4. The number of rotatable bonds is 6. The van der Waals surface area contributed by atoms with E-state index in [1.54, 1.807) is 29.2 Å². The molecule has 0 radical (unpaired) electrons. The fourth-order valence-corrected chi connectivity index (χ4v) is 4.89. The van der Waals surface area contributed by atoms with Gasteiger partial charge < -0.3 is 4.74 Å². The number of benzene rings is 2. The molecular weight excluding hydrogens is 411 g/mol. The number of ether oxygens (including phenoxy) is 1. The van der Waals surface area contributed by atoms with Crippen molar-refractivity contribution in [1.82, 2.24) is 4.90 Å². The molecule has 2 aromatic carbocycles. The van der Waals surface area contributed by atoms with Crippen LogP contribution in [0.5, 0.6) is 5.75 Å². The van der Waals surface area contributed by atoms with Crippen LogP contribution in [0.2, 0.25) is 0 Å². The summed E-state index contributed by atoms with van der Waals surface area (Å²) in [4.78, 5) is 20.3. The number of thioether (sulfide) groups is 1. The van der Waals surface area contributed by atoms with Gasteiger partial charge in [0.25, 0.3) is 5.91 Å². The number of halogens is 1. The number of carbonyl (C=O) groups excluding carboxylic acids is 1. The first kappa shape index (κ1) is 21.4. The maximum absolute atomic E-state index is 14.2. The highest BCUT2D eigenvalue weighted by Crippen LogP contribution is 2.38. The van der Waals surface area contributed by atoms with Gasteiger partial charge in [-0.3, -0.25) is 9.69 Å². The molecule has 6 heteroatoms. The van der Waals surface area contributed by atoms with Crippen LogP contribution in [0.1, 0.15) is 37.7 Å². The van der Waals surface area contributed by atoms with Gasteiger partial charge in [-0.05, 0) is 60.5 Å². The SMILES string of the molecule is C=CCOc1ccc(/C=C2\SC(=Nc3ccccc3F)N(C3CCCCC3)C2=O)cc1. The number of amidine groups is 1. The quantitative estimate of drug-likeness (QED) is 0.393. The van der Waals surface area contributed by atoms with Gasteiger partial charge in [-0.25, -0.2) is 9.38 Å². The Balaban J connectivity index is 1.63. The predicted octanol–water partition coefficient (Wildman–Crippen LogP) is 6.33. The minimum absolute atomic E-state index is 0.0565. The van der Waals surface area contributed by atoms with Crippen LogP contribution in [0.15, 0.2) is 71.1 Å². The molecule has 4 nitrogen and oxygen atoms in total. The molecule has 0 bridgehead atoms. The first-order chi connectivity index (χ1) is 15.2. The number of hydrogen-bond acceptors (Lipinski definition) is 4. The molecule has 0 aromatic heterocycles. The molecule has 0 unspecified atom stereocenters. The number of nitrogens with zero attached hydrogens (tertiary/aromatic N) is 2. The van der Waals surface area contributed by atoms with Crippen molar-refractivity contribution in [1.29, 1.82) is 0 Å². The molecule has 0 spiro atoms. The Hall–Kier alpha value is -2.86. The molecule has 1 heterocycles. The largest absolute Gasteiger partial charge is 0.490 e. The number of carbonyl (C=O) groups is 1. The van der Waals surface area contributed by atoms with Crippen LogP contribution < -0.4 is 4.74 Å². The van der Waals surface area contributed by atoms with Crippen LogP contribution in [0.4, 0.5) is 10.1 Å². The van der Waals surface area contributed by atoms with E-state index in [1.807, 2.05) is 30.3 Å². The van der Waals surface area contributed by atoms with Gasteiger partial charge in [-0.2, -0.15) is 0 Å². The minimum atomic E-state index is -0.390. The summed E-state index contributed by atoms with van der Waals surface area (Å²) < 4.78 is 19.7. The van der Waals surface area contributed by atoms with Crippen molar-refractivity contribution < 1.29 is 13.9 Å². The normalized spacial score (nSPS) is 19.9. The average molecular weight is 437 g/mol. The lowest BCUT2D eigenvalue weighted by Gasteiger charge is -2.30. The zero-order chi connectivity index (χ0) is 21.6. The standard InChI is InChI=1S/C25H25FN2O2S/c1-2-16-30-20-14-12-18(13-15-20)17-23-24(29)28(19-8-4-3-5-9-19)25(31-23)27-22-11-7-6-10-21(22)26/h2,6-7,10-15,17,19H,1,3-5,8-9,16H2/b23-17-,27-25?. The van der Waals surface area contributed by atoms with Crippen molar-refractivity contribution in [3.8, 4) is 5.75 Å². The molecular formula is C25H25FN2O2S. The Bertz CT molecular complexity index is 1010. The fourth-order valence-electron chi connectivity index (χ4n) is 3.84. The van der Waals surface area contributed by atoms with Gasteiger partial charge in [0.2, 0.25) is 0 Å². The summed E-state index contributed by atoms with van der Waals surface area (Å²) in [5, 5.41) is 0.555. The average Bonchev–Trinajstić information content (AvgIpc) is 3.10. The summed E-state index contributed by atoms with van der Waals surface area (Å²) in [7, 11) is 0. The molecule has 2 fully saturated rings. The molecule has 2 aliphatic rings. The van der Waals surface area contributed by atoms with Crippen molar-refractivity contribution in [2.45, 2.75) is 38.1 Å². The van der Waals surface area contributed by atoms with E-state index < -0.39 is 0 Å². The molecule has 2 aromatic rings. The molecule has 1 saturated heterocycles. The molecule has 160 valence electrons. The second kappa shape index (κ2) is 9.96. The Morgan fingerprint density at radius 1 is 1.13 bits per heavy atom. The second-order valence-corrected chi connectivity index (χ2v) is 8.60. The van der Waals surface area contributed by atoms with Crippen molar-refractivity contribution >= 4 is 34.6 Å². The van der Waals surface area contributed by atoms with Gasteiger partial charge in [0.05, 0.1) is 4.91 Å². The zero-order valence-electron chi connectivity index (χ0n) is 17.3. The molecule has 1 aliphatic carbocycles. The summed E-state index contributed by atoms with van der Waals surface area (Å²) in [5.41, 5.74) is 1.15. The van der Waals surface area contributed by atoms with E-state index in [-0.39, 0.29) is 23.5 Å². The fraction of sp³-hybridized carbons (Fsp3) is 0.280. The van der Waals surface area contributed by atoms with Crippen LogP contribution in [0.3, 0.4) is 0 Å². The van der Waals surface area contributed by atoms with Gasteiger partial charge in [-0.15, -0.1) is 0 Å². The molecule has 1 aliphatic heterocycles.